The van der Waals surface area contributed by atoms with Crippen LogP contribution in [-0.4, -0.2) is 16.4 Å². The summed E-state index contributed by atoms with van der Waals surface area (Å²) in [7, 11) is 1.86. The van der Waals surface area contributed by atoms with E-state index < -0.39 is 0 Å². The Kier molecular flexibility index (Phi) is 2.17. The van der Waals surface area contributed by atoms with E-state index in [0.29, 0.717) is 5.88 Å². The third-order valence-corrected chi connectivity index (χ3v) is 1.39. The average Bonchev–Trinajstić information content (AvgIpc) is 2.28. The summed E-state index contributed by atoms with van der Waals surface area (Å²) in [5.41, 5.74) is 1.05. The van der Waals surface area contributed by atoms with Crippen LogP contribution in [-0.2, 0) is 7.05 Å². The Labute approximate surface area is 66.0 Å². The van der Waals surface area contributed by atoms with E-state index >= 15 is 0 Å². The standard InChI is InChI=1S/C8H10N2O/c1-4-5-11-8-6-7(2)10(3)9-8/h1,6H,5H2,2-3H3. The highest BCUT2D eigenvalue weighted by molar-refractivity contribution is 5.14. The van der Waals surface area contributed by atoms with Crippen LogP contribution in [0.4, 0.5) is 0 Å². The zero-order valence-corrected chi connectivity index (χ0v) is 6.66. The second kappa shape index (κ2) is 3.11. The number of rotatable bonds is 2. The first-order valence-electron chi connectivity index (χ1n) is 3.31. The summed E-state index contributed by atoms with van der Waals surface area (Å²) in [4.78, 5) is 0. The summed E-state index contributed by atoms with van der Waals surface area (Å²) in [5, 5.41) is 4.05. The van der Waals surface area contributed by atoms with Gasteiger partial charge in [0.25, 0.3) is 0 Å². The van der Waals surface area contributed by atoms with Crippen LogP contribution in [0.15, 0.2) is 6.07 Å². The Hall–Kier alpha value is -1.43. The molecule has 0 amide bonds. The van der Waals surface area contributed by atoms with E-state index in [4.69, 9.17) is 11.2 Å². The Balaban J connectivity index is 2.67. The number of aryl methyl sites for hydroxylation is 2. The van der Waals surface area contributed by atoms with Gasteiger partial charge in [-0.25, -0.2) is 0 Å². The summed E-state index contributed by atoms with van der Waals surface area (Å²) in [6.07, 6.45) is 5.01. The van der Waals surface area contributed by atoms with Crippen LogP contribution in [0.3, 0.4) is 0 Å². The average molecular weight is 150 g/mol. The van der Waals surface area contributed by atoms with Crippen molar-refractivity contribution in [3.05, 3.63) is 11.8 Å². The molecule has 0 aromatic carbocycles. The Morgan fingerprint density at radius 3 is 3.00 bits per heavy atom. The van der Waals surface area contributed by atoms with Crippen molar-refractivity contribution >= 4 is 0 Å². The third kappa shape index (κ3) is 1.74. The van der Waals surface area contributed by atoms with Gasteiger partial charge in [0.05, 0.1) is 0 Å². The molecule has 3 heteroatoms. The number of nitrogens with zero attached hydrogens (tertiary/aromatic N) is 2. The van der Waals surface area contributed by atoms with Crippen molar-refractivity contribution in [2.24, 2.45) is 7.05 Å². The van der Waals surface area contributed by atoms with Gasteiger partial charge in [0.15, 0.2) is 6.61 Å². The molecule has 0 unspecified atom stereocenters. The van der Waals surface area contributed by atoms with Gasteiger partial charge in [-0.15, -0.1) is 11.5 Å². The summed E-state index contributed by atoms with van der Waals surface area (Å²) in [6.45, 7) is 2.23. The molecule has 58 valence electrons. The van der Waals surface area contributed by atoms with E-state index in [1.165, 1.54) is 0 Å². The molecular formula is C8H10N2O. The summed E-state index contributed by atoms with van der Waals surface area (Å²) < 4.78 is 6.83. The van der Waals surface area contributed by atoms with Crippen LogP contribution in [0.2, 0.25) is 0 Å². The van der Waals surface area contributed by atoms with Crippen LogP contribution >= 0.6 is 0 Å². The van der Waals surface area contributed by atoms with Gasteiger partial charge in [-0.05, 0) is 6.92 Å². The van der Waals surface area contributed by atoms with Crippen molar-refractivity contribution in [3.8, 4) is 18.2 Å². The molecular weight excluding hydrogens is 140 g/mol. The molecule has 0 N–H and O–H groups in total. The zero-order valence-electron chi connectivity index (χ0n) is 6.66. The van der Waals surface area contributed by atoms with Gasteiger partial charge >= 0.3 is 0 Å². The maximum Gasteiger partial charge on any atom is 0.233 e. The molecule has 0 saturated carbocycles. The molecule has 3 nitrogen and oxygen atoms in total. The molecule has 0 aliphatic heterocycles. The highest BCUT2D eigenvalue weighted by atomic mass is 16.5. The monoisotopic (exact) mass is 150 g/mol. The molecule has 0 fully saturated rings. The van der Waals surface area contributed by atoms with Crippen LogP contribution in [0.1, 0.15) is 5.69 Å². The van der Waals surface area contributed by atoms with E-state index in [0.717, 1.165) is 5.69 Å². The summed E-state index contributed by atoms with van der Waals surface area (Å²) in [6, 6.07) is 1.84. The highest BCUT2D eigenvalue weighted by Gasteiger charge is 1.99. The van der Waals surface area contributed by atoms with Crippen molar-refractivity contribution in [2.75, 3.05) is 6.61 Å². The molecule has 11 heavy (non-hydrogen) atoms. The fourth-order valence-electron chi connectivity index (χ4n) is 0.714. The van der Waals surface area contributed by atoms with Crippen LogP contribution in [0.25, 0.3) is 0 Å². The molecule has 1 aromatic heterocycles. The van der Waals surface area contributed by atoms with Gasteiger partial charge in [-0.3, -0.25) is 4.68 Å². The van der Waals surface area contributed by atoms with Crippen molar-refractivity contribution in [1.29, 1.82) is 0 Å². The van der Waals surface area contributed by atoms with E-state index in [1.807, 2.05) is 20.0 Å². The molecule has 1 rings (SSSR count). The first-order chi connectivity index (χ1) is 5.24. The van der Waals surface area contributed by atoms with E-state index in [-0.39, 0.29) is 6.61 Å². The quantitative estimate of drug-likeness (QED) is 0.581. The largest absolute Gasteiger partial charge is 0.463 e. The van der Waals surface area contributed by atoms with Crippen LogP contribution in [0.5, 0.6) is 5.88 Å². The van der Waals surface area contributed by atoms with E-state index in [2.05, 4.69) is 11.0 Å². The summed E-state index contributed by atoms with van der Waals surface area (Å²) >= 11 is 0. The highest BCUT2D eigenvalue weighted by Crippen LogP contribution is 2.08. The Morgan fingerprint density at radius 1 is 1.82 bits per heavy atom. The van der Waals surface area contributed by atoms with Crippen LogP contribution in [0, 0.1) is 19.3 Å². The SMILES string of the molecule is C#CCOc1cc(C)n(C)n1. The third-order valence-electron chi connectivity index (χ3n) is 1.39. The van der Waals surface area contributed by atoms with Crippen molar-refractivity contribution in [1.82, 2.24) is 9.78 Å². The smallest absolute Gasteiger partial charge is 0.233 e. The fraction of sp³-hybridized carbons (Fsp3) is 0.375. The van der Waals surface area contributed by atoms with Gasteiger partial charge in [0.1, 0.15) is 0 Å². The van der Waals surface area contributed by atoms with E-state index in [9.17, 15) is 0 Å². The van der Waals surface area contributed by atoms with Crippen molar-refractivity contribution in [3.63, 3.8) is 0 Å². The fourth-order valence-corrected chi connectivity index (χ4v) is 0.714. The second-order valence-corrected chi connectivity index (χ2v) is 2.24. The number of terminal acetylenes is 1. The molecule has 0 radical (unpaired) electrons. The van der Waals surface area contributed by atoms with Crippen molar-refractivity contribution < 1.29 is 4.74 Å². The minimum absolute atomic E-state index is 0.274. The Morgan fingerprint density at radius 2 is 2.55 bits per heavy atom. The molecule has 0 atom stereocenters. The topological polar surface area (TPSA) is 27.1 Å². The minimum Gasteiger partial charge on any atom is -0.463 e. The predicted molar refractivity (Wildman–Crippen MR) is 42.3 cm³/mol. The maximum absolute atomic E-state index is 5.09. The van der Waals surface area contributed by atoms with Gasteiger partial charge in [-0.1, -0.05) is 5.92 Å². The Bertz CT molecular complexity index is 263. The number of ether oxygens (including phenoxy) is 1. The molecule has 1 aromatic rings. The second-order valence-electron chi connectivity index (χ2n) is 2.24. The zero-order chi connectivity index (χ0) is 8.27. The molecule has 0 spiro atoms. The lowest BCUT2D eigenvalue weighted by Gasteiger charge is -1.93. The van der Waals surface area contributed by atoms with Gasteiger partial charge in [0, 0.05) is 18.8 Å². The van der Waals surface area contributed by atoms with Gasteiger partial charge in [0.2, 0.25) is 5.88 Å². The maximum atomic E-state index is 5.09. The number of aromatic nitrogens is 2. The summed E-state index contributed by atoms with van der Waals surface area (Å²) in [5.74, 6) is 2.96. The minimum atomic E-state index is 0.274. The normalized spacial score (nSPS) is 9.18. The molecule has 0 bridgehead atoms. The molecule has 0 aliphatic carbocycles. The van der Waals surface area contributed by atoms with Gasteiger partial charge < -0.3 is 4.74 Å². The van der Waals surface area contributed by atoms with Crippen LogP contribution < -0.4 is 4.74 Å². The lowest BCUT2D eigenvalue weighted by atomic mass is 10.5. The first kappa shape index (κ1) is 7.67. The first-order valence-corrected chi connectivity index (χ1v) is 3.31. The lowest BCUT2D eigenvalue weighted by Crippen LogP contribution is -1.96. The number of hydrogen-bond donors (Lipinski definition) is 0. The van der Waals surface area contributed by atoms with E-state index in [1.54, 1.807) is 4.68 Å². The van der Waals surface area contributed by atoms with Gasteiger partial charge in [-0.2, -0.15) is 0 Å². The lowest BCUT2D eigenvalue weighted by molar-refractivity contribution is 0.351. The van der Waals surface area contributed by atoms with Crippen molar-refractivity contribution in [2.45, 2.75) is 6.92 Å². The molecule has 0 aliphatic rings. The number of hydrogen-bond acceptors (Lipinski definition) is 2. The predicted octanol–water partition coefficient (Wildman–Crippen LogP) is 0.741. The molecule has 1 heterocycles. The molecule has 0 saturated heterocycles.